The largest absolute Gasteiger partial charge is 0.490 e. The summed E-state index contributed by atoms with van der Waals surface area (Å²) in [6.45, 7) is 5.89. The van der Waals surface area contributed by atoms with Gasteiger partial charge >= 0.3 is 0 Å². The topological polar surface area (TPSA) is 94.8 Å². The molecule has 0 unspecified atom stereocenters. The van der Waals surface area contributed by atoms with E-state index in [0.717, 1.165) is 15.7 Å². The van der Waals surface area contributed by atoms with Crippen molar-refractivity contribution in [3.05, 3.63) is 90.8 Å². The van der Waals surface area contributed by atoms with Gasteiger partial charge in [0.25, 0.3) is 11.5 Å². The third kappa shape index (κ3) is 6.31. The third-order valence-electron chi connectivity index (χ3n) is 5.61. The number of aryl methyl sites for hydroxylation is 2. The van der Waals surface area contributed by atoms with Gasteiger partial charge in [-0.2, -0.15) is 9.78 Å². The van der Waals surface area contributed by atoms with Crippen molar-refractivity contribution in [1.29, 1.82) is 0 Å². The van der Waals surface area contributed by atoms with Gasteiger partial charge in [0.15, 0.2) is 18.1 Å². The number of carbonyl (C=O) groups is 1. The Kier molecular flexibility index (Phi) is 8.96. The third-order valence-corrected chi connectivity index (χ3v) is 6.69. The van der Waals surface area contributed by atoms with Crippen LogP contribution in [0.5, 0.6) is 11.5 Å². The van der Waals surface area contributed by atoms with Gasteiger partial charge in [0.2, 0.25) is 0 Å². The second-order valence-electron chi connectivity index (χ2n) is 8.32. The van der Waals surface area contributed by atoms with Crippen molar-refractivity contribution in [2.45, 2.75) is 27.2 Å². The first kappa shape index (κ1) is 27.5. The van der Waals surface area contributed by atoms with E-state index in [9.17, 15) is 9.59 Å². The maximum absolute atomic E-state index is 13.2. The molecule has 3 aromatic carbocycles. The van der Waals surface area contributed by atoms with Gasteiger partial charge in [-0.3, -0.25) is 9.59 Å². The predicted octanol–water partition coefficient (Wildman–Crippen LogP) is 6.09. The molecule has 0 bridgehead atoms. The molecular weight excluding hydrogens is 616 g/mol. The number of anilines is 1. The summed E-state index contributed by atoms with van der Waals surface area (Å²) in [6, 6.07) is 16.4. The molecule has 0 fully saturated rings. The molecule has 8 nitrogen and oxygen atoms in total. The summed E-state index contributed by atoms with van der Waals surface area (Å²) >= 11 is 6.93. The molecular formula is C28H26Br2N4O4. The summed E-state index contributed by atoms with van der Waals surface area (Å²) in [6.07, 6.45) is 2.10. The summed E-state index contributed by atoms with van der Waals surface area (Å²) in [4.78, 5) is 30.3. The summed E-state index contributed by atoms with van der Waals surface area (Å²) in [5.74, 6) is 1.09. The van der Waals surface area contributed by atoms with Crippen LogP contribution in [0.4, 0.5) is 5.69 Å². The van der Waals surface area contributed by atoms with E-state index in [4.69, 9.17) is 9.47 Å². The van der Waals surface area contributed by atoms with Gasteiger partial charge in [0.1, 0.15) is 5.82 Å². The Hall–Kier alpha value is -3.50. The van der Waals surface area contributed by atoms with Gasteiger partial charge in [-0.05, 0) is 77.3 Å². The maximum atomic E-state index is 13.2. The highest BCUT2D eigenvalue weighted by molar-refractivity contribution is 9.10. The quantitative estimate of drug-likeness (QED) is 0.223. The lowest BCUT2D eigenvalue weighted by Crippen LogP contribution is -2.22. The number of amides is 1. The number of rotatable bonds is 9. The number of para-hydroxylation sites is 1. The summed E-state index contributed by atoms with van der Waals surface area (Å²) < 4.78 is 14.3. The van der Waals surface area contributed by atoms with Crippen molar-refractivity contribution in [2.24, 2.45) is 5.10 Å². The fraction of sp³-hybridized carbons (Fsp3) is 0.214. The minimum atomic E-state index is -0.291. The Bertz CT molecular complexity index is 1580. The van der Waals surface area contributed by atoms with Crippen molar-refractivity contribution >= 4 is 60.6 Å². The molecule has 1 N–H and O–H groups in total. The first-order valence-electron chi connectivity index (χ1n) is 12.0. The van der Waals surface area contributed by atoms with Crippen LogP contribution < -0.4 is 20.3 Å². The summed E-state index contributed by atoms with van der Waals surface area (Å²) in [5, 5.41) is 7.77. The number of halogens is 2. The average molecular weight is 642 g/mol. The molecule has 0 aliphatic carbocycles. The Labute approximate surface area is 236 Å². The van der Waals surface area contributed by atoms with E-state index in [2.05, 4.69) is 47.3 Å². The molecule has 0 saturated carbocycles. The number of benzene rings is 3. The Morgan fingerprint density at radius 2 is 1.89 bits per heavy atom. The molecule has 1 heterocycles. The number of nitrogens with zero attached hydrogens (tertiary/aromatic N) is 3. The number of hydrogen-bond donors (Lipinski definition) is 1. The molecule has 4 aromatic rings. The molecule has 0 spiro atoms. The molecule has 4 rings (SSSR count). The van der Waals surface area contributed by atoms with Crippen LogP contribution in [0.1, 0.15) is 30.8 Å². The molecule has 1 aromatic heterocycles. The van der Waals surface area contributed by atoms with Gasteiger partial charge in [-0.1, -0.05) is 41.1 Å². The second-order valence-corrected chi connectivity index (χ2v) is 10.1. The molecule has 0 radical (unpaired) electrons. The number of carbonyl (C=O) groups excluding carboxylic acids is 1. The van der Waals surface area contributed by atoms with Crippen LogP contribution in [0.25, 0.3) is 10.9 Å². The van der Waals surface area contributed by atoms with Crippen LogP contribution in [-0.4, -0.2) is 35.0 Å². The van der Waals surface area contributed by atoms with E-state index in [-0.39, 0.29) is 18.1 Å². The highest BCUT2D eigenvalue weighted by Crippen LogP contribution is 2.36. The Morgan fingerprint density at radius 1 is 1.11 bits per heavy atom. The van der Waals surface area contributed by atoms with Crippen LogP contribution in [0.2, 0.25) is 0 Å². The predicted molar refractivity (Wildman–Crippen MR) is 157 cm³/mol. The zero-order chi connectivity index (χ0) is 27.2. The van der Waals surface area contributed by atoms with Crippen molar-refractivity contribution in [3.63, 3.8) is 0 Å². The number of ether oxygens (including phenoxy) is 2. The zero-order valence-electron chi connectivity index (χ0n) is 21.1. The van der Waals surface area contributed by atoms with E-state index in [1.165, 1.54) is 4.68 Å². The van der Waals surface area contributed by atoms with Crippen molar-refractivity contribution < 1.29 is 14.3 Å². The Morgan fingerprint density at radius 3 is 2.63 bits per heavy atom. The lowest BCUT2D eigenvalue weighted by molar-refractivity contribution is -0.118. The van der Waals surface area contributed by atoms with Crippen LogP contribution in [-0.2, 0) is 11.2 Å². The number of hydrogen-bond acceptors (Lipinski definition) is 6. The first-order chi connectivity index (χ1) is 18.3. The van der Waals surface area contributed by atoms with Crippen LogP contribution >= 0.6 is 31.9 Å². The molecule has 10 heteroatoms. The van der Waals surface area contributed by atoms with Gasteiger partial charge < -0.3 is 14.8 Å². The monoisotopic (exact) mass is 640 g/mol. The lowest BCUT2D eigenvalue weighted by atomic mass is 10.2. The normalized spacial score (nSPS) is 11.2. The SMILES string of the molecule is CCOc1cc(C=Nn2c(CC)nc3ccc(Br)cc3c2=O)cc(Br)c1OCC(=O)Nc1ccccc1C. The van der Waals surface area contributed by atoms with Crippen molar-refractivity contribution in [1.82, 2.24) is 9.66 Å². The molecule has 0 aliphatic rings. The van der Waals surface area contributed by atoms with Crippen LogP contribution in [0.3, 0.4) is 0 Å². The van der Waals surface area contributed by atoms with E-state index >= 15 is 0 Å². The lowest BCUT2D eigenvalue weighted by Gasteiger charge is -2.15. The Balaban J connectivity index is 1.59. The molecule has 0 atom stereocenters. The molecule has 0 saturated heterocycles. The van der Waals surface area contributed by atoms with E-state index < -0.39 is 0 Å². The molecule has 1 amide bonds. The van der Waals surface area contributed by atoms with Gasteiger partial charge in [0.05, 0.1) is 28.2 Å². The van der Waals surface area contributed by atoms with Gasteiger partial charge in [0, 0.05) is 16.6 Å². The number of fused-ring (bicyclic) bond motifs is 1. The van der Waals surface area contributed by atoms with Crippen LogP contribution in [0, 0.1) is 6.92 Å². The minimum Gasteiger partial charge on any atom is -0.490 e. The van der Waals surface area contributed by atoms with E-state index in [1.807, 2.05) is 51.1 Å². The smallest absolute Gasteiger partial charge is 0.282 e. The highest BCUT2D eigenvalue weighted by atomic mass is 79.9. The first-order valence-corrected chi connectivity index (χ1v) is 13.6. The van der Waals surface area contributed by atoms with Crippen molar-refractivity contribution in [2.75, 3.05) is 18.5 Å². The summed E-state index contributed by atoms with van der Waals surface area (Å²) in [7, 11) is 0. The standard InChI is InChI=1S/C28H26Br2N4O4/c1-4-25-32-23-11-10-19(29)14-20(23)28(36)34(25)31-15-18-12-21(30)27(24(13-18)37-5-2)38-16-26(35)33-22-9-7-6-8-17(22)3/h6-15H,4-5,16H2,1-3H3,(H,33,35). The van der Waals surface area contributed by atoms with Gasteiger partial charge in [-0.25, -0.2) is 4.98 Å². The van der Waals surface area contributed by atoms with Crippen molar-refractivity contribution in [3.8, 4) is 11.5 Å². The fourth-order valence-electron chi connectivity index (χ4n) is 3.77. The molecule has 38 heavy (non-hydrogen) atoms. The highest BCUT2D eigenvalue weighted by Gasteiger charge is 2.15. The number of aromatic nitrogens is 2. The average Bonchev–Trinajstić information content (AvgIpc) is 2.89. The van der Waals surface area contributed by atoms with E-state index in [0.29, 0.717) is 51.3 Å². The van der Waals surface area contributed by atoms with Gasteiger partial charge in [-0.15, -0.1) is 0 Å². The molecule has 196 valence electrons. The second kappa shape index (κ2) is 12.4. The summed E-state index contributed by atoms with van der Waals surface area (Å²) in [5.41, 5.74) is 2.72. The van der Waals surface area contributed by atoms with Crippen LogP contribution in [0.15, 0.2) is 73.4 Å². The molecule has 0 aliphatic heterocycles. The maximum Gasteiger partial charge on any atom is 0.282 e. The number of nitrogens with one attached hydrogen (secondary N) is 1. The van der Waals surface area contributed by atoms with E-state index in [1.54, 1.807) is 30.5 Å². The fourth-order valence-corrected chi connectivity index (χ4v) is 4.70. The zero-order valence-corrected chi connectivity index (χ0v) is 24.3. The minimum absolute atomic E-state index is 0.200.